The monoisotopic (exact) mass is 536 g/mol. The smallest absolute Gasteiger partial charge is 0.128 e. The van der Waals surface area contributed by atoms with Crippen molar-refractivity contribution in [1.82, 2.24) is 9.88 Å². The van der Waals surface area contributed by atoms with Crippen molar-refractivity contribution in [1.29, 1.82) is 0 Å². The summed E-state index contributed by atoms with van der Waals surface area (Å²) in [5, 5.41) is 11.8. The minimum absolute atomic E-state index is 0.255. The molecule has 0 radical (unpaired) electrons. The van der Waals surface area contributed by atoms with Crippen molar-refractivity contribution in [3.63, 3.8) is 0 Å². The fourth-order valence-electron chi connectivity index (χ4n) is 5.67. The van der Waals surface area contributed by atoms with E-state index in [-0.39, 0.29) is 6.61 Å². The first kappa shape index (κ1) is 27.7. The number of fused-ring (bicyclic) bond motifs is 1. The van der Waals surface area contributed by atoms with Gasteiger partial charge in [-0.2, -0.15) is 0 Å². The van der Waals surface area contributed by atoms with Crippen LogP contribution < -0.4 is 14.5 Å². The maximum atomic E-state index is 10.9. The zero-order valence-electron chi connectivity index (χ0n) is 24.0. The topological polar surface area (TPSA) is 52.1 Å². The summed E-state index contributed by atoms with van der Waals surface area (Å²) in [7, 11) is 8.44. The van der Waals surface area contributed by atoms with E-state index in [4.69, 9.17) is 4.74 Å². The second-order valence-corrected chi connectivity index (χ2v) is 10.9. The predicted octanol–water partition coefficient (Wildman–Crippen LogP) is 5.70. The van der Waals surface area contributed by atoms with Crippen LogP contribution >= 0.6 is 0 Å². The highest BCUT2D eigenvalue weighted by Gasteiger charge is 2.24. The quantitative estimate of drug-likeness (QED) is 0.296. The van der Waals surface area contributed by atoms with Gasteiger partial charge in [0.05, 0.1) is 5.52 Å². The Balaban J connectivity index is 1.33. The molecule has 0 aliphatic carbocycles. The Morgan fingerprint density at radius 3 is 2.08 bits per heavy atom. The standard InChI is InChI=1S/C34H40N4O2/c1-36(2)31-15-7-5-11-28(31)34(29-12-6-8-16-32(29)37(3)4)25-18-21-38(22-19-25)23-26(39)24-40-33-17-9-14-30-27(33)13-10-20-35-30/h5-17,20,26,39H,18-19,21-24H2,1-4H3. The van der Waals surface area contributed by atoms with E-state index >= 15 is 0 Å². The summed E-state index contributed by atoms with van der Waals surface area (Å²) in [6.45, 7) is 2.66. The molecule has 1 fully saturated rings. The van der Waals surface area contributed by atoms with E-state index in [2.05, 4.69) is 96.4 Å². The number of aromatic nitrogens is 1. The molecule has 1 aromatic heterocycles. The highest BCUT2D eigenvalue weighted by molar-refractivity contribution is 5.92. The highest BCUT2D eigenvalue weighted by atomic mass is 16.5. The van der Waals surface area contributed by atoms with Gasteiger partial charge in [0, 0.05) is 81.9 Å². The molecule has 0 spiro atoms. The number of hydrogen-bond donors (Lipinski definition) is 1. The van der Waals surface area contributed by atoms with Crippen molar-refractivity contribution >= 4 is 27.9 Å². The van der Waals surface area contributed by atoms with Gasteiger partial charge in [0.2, 0.25) is 0 Å². The first-order chi connectivity index (χ1) is 19.4. The lowest BCUT2D eigenvalue weighted by molar-refractivity contribution is 0.0661. The Morgan fingerprint density at radius 1 is 0.825 bits per heavy atom. The van der Waals surface area contributed by atoms with Crippen LogP contribution in [0.5, 0.6) is 5.75 Å². The molecule has 1 aliphatic rings. The van der Waals surface area contributed by atoms with Crippen LogP contribution in [0.2, 0.25) is 0 Å². The number of aliphatic hydroxyl groups excluding tert-OH is 1. The van der Waals surface area contributed by atoms with Gasteiger partial charge in [0.15, 0.2) is 0 Å². The lowest BCUT2D eigenvalue weighted by Crippen LogP contribution is -2.39. The fourth-order valence-corrected chi connectivity index (χ4v) is 5.67. The van der Waals surface area contributed by atoms with Crippen LogP contribution in [0, 0.1) is 0 Å². The molecule has 1 aliphatic heterocycles. The summed E-state index contributed by atoms with van der Waals surface area (Å²) >= 11 is 0. The van der Waals surface area contributed by atoms with Gasteiger partial charge in [0.1, 0.15) is 18.5 Å². The minimum Gasteiger partial charge on any atom is -0.490 e. The van der Waals surface area contributed by atoms with Crippen molar-refractivity contribution < 1.29 is 9.84 Å². The number of aliphatic hydroxyl groups is 1. The van der Waals surface area contributed by atoms with E-state index in [1.165, 1.54) is 33.6 Å². The molecular formula is C34H40N4O2. The largest absolute Gasteiger partial charge is 0.490 e. The molecule has 1 atom stereocenters. The number of para-hydroxylation sites is 2. The molecule has 5 rings (SSSR count). The number of hydrogen-bond acceptors (Lipinski definition) is 6. The molecule has 6 heteroatoms. The minimum atomic E-state index is -0.569. The van der Waals surface area contributed by atoms with Crippen LogP contribution in [0.3, 0.4) is 0 Å². The Kier molecular flexibility index (Phi) is 8.68. The summed E-state index contributed by atoms with van der Waals surface area (Å²) in [5.74, 6) is 0.761. The summed E-state index contributed by atoms with van der Waals surface area (Å²) in [6.07, 6.45) is 3.13. The summed E-state index contributed by atoms with van der Waals surface area (Å²) in [4.78, 5) is 11.2. The number of likely N-dealkylation sites (tertiary alicyclic amines) is 1. The molecule has 1 N–H and O–H groups in total. The van der Waals surface area contributed by atoms with Gasteiger partial charge < -0.3 is 19.6 Å². The van der Waals surface area contributed by atoms with Crippen molar-refractivity contribution in [3.8, 4) is 5.75 Å². The van der Waals surface area contributed by atoms with E-state index in [1.54, 1.807) is 6.20 Å². The molecule has 3 aromatic carbocycles. The molecule has 6 nitrogen and oxygen atoms in total. The second kappa shape index (κ2) is 12.5. The van der Waals surface area contributed by atoms with Crippen molar-refractivity contribution in [2.24, 2.45) is 0 Å². The number of β-amino-alcohol motifs (C(OH)–C–C–N with tert-alkyl or cyclic N) is 1. The third-order valence-electron chi connectivity index (χ3n) is 7.63. The van der Waals surface area contributed by atoms with Crippen molar-refractivity contribution in [2.45, 2.75) is 18.9 Å². The molecule has 1 unspecified atom stereocenters. The molecule has 208 valence electrons. The Morgan fingerprint density at radius 2 is 1.45 bits per heavy atom. The number of rotatable bonds is 9. The first-order valence-corrected chi connectivity index (χ1v) is 14.0. The number of benzene rings is 3. The summed E-state index contributed by atoms with van der Waals surface area (Å²) in [6, 6.07) is 27.2. The van der Waals surface area contributed by atoms with Crippen LogP contribution in [-0.2, 0) is 0 Å². The number of pyridine rings is 1. The Bertz CT molecular complexity index is 1410. The van der Waals surface area contributed by atoms with E-state index in [9.17, 15) is 5.11 Å². The molecule has 4 aromatic rings. The predicted molar refractivity (Wildman–Crippen MR) is 166 cm³/mol. The van der Waals surface area contributed by atoms with E-state index in [1.807, 2.05) is 30.3 Å². The van der Waals surface area contributed by atoms with Gasteiger partial charge in [-0.05, 0) is 54.8 Å². The van der Waals surface area contributed by atoms with Crippen LogP contribution in [0.4, 0.5) is 11.4 Å². The number of nitrogens with zero attached hydrogens (tertiary/aromatic N) is 4. The van der Waals surface area contributed by atoms with Crippen LogP contribution in [0.15, 0.2) is 90.6 Å². The maximum absolute atomic E-state index is 10.9. The average Bonchev–Trinajstić information content (AvgIpc) is 2.97. The van der Waals surface area contributed by atoms with Gasteiger partial charge in [-0.15, -0.1) is 0 Å². The Hall–Kier alpha value is -3.87. The molecule has 0 saturated carbocycles. The third kappa shape index (κ3) is 6.14. The number of ether oxygens (including phenoxy) is 1. The fraction of sp³-hybridized carbons (Fsp3) is 0.324. The SMILES string of the molecule is CN(C)c1ccccc1C(=C1CCN(CC(O)COc2cccc3ncccc23)CC1)c1ccccc1N(C)C. The van der Waals surface area contributed by atoms with Gasteiger partial charge in [-0.3, -0.25) is 9.88 Å². The molecule has 1 saturated heterocycles. The first-order valence-electron chi connectivity index (χ1n) is 14.0. The molecule has 0 bridgehead atoms. The lowest BCUT2D eigenvalue weighted by Gasteiger charge is -2.33. The van der Waals surface area contributed by atoms with Gasteiger partial charge in [-0.25, -0.2) is 0 Å². The molecule has 2 heterocycles. The number of anilines is 2. The highest BCUT2D eigenvalue weighted by Crippen LogP contribution is 2.40. The second-order valence-electron chi connectivity index (χ2n) is 10.9. The zero-order valence-corrected chi connectivity index (χ0v) is 24.0. The van der Waals surface area contributed by atoms with E-state index in [0.29, 0.717) is 6.54 Å². The summed E-state index contributed by atoms with van der Waals surface area (Å²) in [5.41, 5.74) is 8.67. The molecule has 40 heavy (non-hydrogen) atoms. The Labute approximate surface area is 238 Å². The van der Waals surface area contributed by atoms with Gasteiger partial charge in [-0.1, -0.05) is 48.0 Å². The normalized spacial score (nSPS) is 14.7. The number of piperidine rings is 1. The van der Waals surface area contributed by atoms with Crippen molar-refractivity contribution in [3.05, 3.63) is 102 Å². The maximum Gasteiger partial charge on any atom is 0.128 e. The van der Waals surface area contributed by atoms with E-state index < -0.39 is 6.10 Å². The van der Waals surface area contributed by atoms with Crippen LogP contribution in [-0.4, -0.2) is 75.5 Å². The molecule has 0 amide bonds. The third-order valence-corrected chi connectivity index (χ3v) is 7.63. The lowest BCUT2D eigenvalue weighted by atomic mass is 9.86. The van der Waals surface area contributed by atoms with E-state index in [0.717, 1.165) is 42.6 Å². The van der Waals surface area contributed by atoms with Crippen LogP contribution in [0.25, 0.3) is 16.5 Å². The summed E-state index contributed by atoms with van der Waals surface area (Å²) < 4.78 is 6.03. The van der Waals surface area contributed by atoms with Gasteiger partial charge >= 0.3 is 0 Å². The van der Waals surface area contributed by atoms with Crippen LogP contribution in [0.1, 0.15) is 24.0 Å². The molecular weight excluding hydrogens is 496 g/mol. The van der Waals surface area contributed by atoms with Crippen molar-refractivity contribution in [2.75, 3.05) is 64.2 Å². The van der Waals surface area contributed by atoms with Gasteiger partial charge in [0.25, 0.3) is 0 Å². The average molecular weight is 537 g/mol. The zero-order chi connectivity index (χ0) is 28.1.